The summed E-state index contributed by atoms with van der Waals surface area (Å²) in [7, 11) is -3.46. The monoisotopic (exact) mass is 360 g/mol. The van der Waals surface area contributed by atoms with Crippen LogP contribution in [0, 0.1) is 0 Å². The molecule has 1 unspecified atom stereocenters. The number of sulfonamides is 1. The maximum Gasteiger partial charge on any atom is 0.215 e. The molecule has 2 rings (SSSR count). The molecule has 6 nitrogen and oxygen atoms in total. The summed E-state index contributed by atoms with van der Waals surface area (Å²) in [6.45, 7) is 4.86. The third-order valence-corrected chi connectivity index (χ3v) is 6.02. The van der Waals surface area contributed by atoms with Crippen LogP contribution in [0.2, 0.25) is 5.02 Å². The highest BCUT2D eigenvalue weighted by Crippen LogP contribution is 2.41. The summed E-state index contributed by atoms with van der Waals surface area (Å²) >= 11 is 5.90. The molecule has 1 aromatic carbocycles. The van der Waals surface area contributed by atoms with Crippen LogP contribution in [0.5, 0.6) is 11.5 Å². The maximum atomic E-state index is 12.5. The molecule has 1 atom stereocenters. The molecule has 0 radical (unpaired) electrons. The molecule has 3 N–H and O–H groups in total. The van der Waals surface area contributed by atoms with Gasteiger partial charge in [-0.3, -0.25) is 0 Å². The molecule has 1 saturated heterocycles. The lowest BCUT2D eigenvalue weighted by atomic mass is 10.0. The van der Waals surface area contributed by atoms with Gasteiger partial charge in [-0.05, 0) is 18.9 Å². The molecule has 0 bridgehead atoms. The molecule has 0 saturated carbocycles. The summed E-state index contributed by atoms with van der Waals surface area (Å²) in [5.74, 6) is -0.401. The number of phenols is 2. The first-order valence-corrected chi connectivity index (χ1v) is 9.38. The van der Waals surface area contributed by atoms with Crippen LogP contribution in [-0.2, 0) is 10.0 Å². The van der Waals surface area contributed by atoms with Crippen molar-refractivity contribution in [1.82, 2.24) is 9.62 Å². The first-order valence-electron chi connectivity index (χ1n) is 7.39. The quantitative estimate of drug-likeness (QED) is 0.511. The predicted octanol–water partition coefficient (Wildman–Crippen LogP) is 1.99. The van der Waals surface area contributed by atoms with Gasteiger partial charge < -0.3 is 15.5 Å². The van der Waals surface area contributed by atoms with Crippen LogP contribution in [0.15, 0.2) is 24.8 Å². The van der Waals surface area contributed by atoms with E-state index in [9.17, 15) is 18.6 Å². The zero-order valence-electron chi connectivity index (χ0n) is 12.7. The van der Waals surface area contributed by atoms with Gasteiger partial charge in [0.15, 0.2) is 0 Å². The van der Waals surface area contributed by atoms with Crippen molar-refractivity contribution in [2.75, 3.05) is 25.4 Å². The van der Waals surface area contributed by atoms with Crippen LogP contribution in [0.3, 0.4) is 0 Å². The molecule has 23 heavy (non-hydrogen) atoms. The Labute approximate surface area is 141 Å². The van der Waals surface area contributed by atoms with Gasteiger partial charge in [0.05, 0.1) is 16.8 Å². The highest BCUT2D eigenvalue weighted by molar-refractivity contribution is 7.89. The van der Waals surface area contributed by atoms with Crippen LogP contribution in [0.25, 0.3) is 0 Å². The number of nitrogens with zero attached hydrogens (tertiary/aromatic N) is 1. The van der Waals surface area contributed by atoms with Crippen LogP contribution in [0.4, 0.5) is 0 Å². The molecule has 0 aliphatic carbocycles. The minimum absolute atomic E-state index is 0.0239. The number of nitrogens with one attached hydrogen (secondary N) is 1. The van der Waals surface area contributed by atoms with E-state index in [0.29, 0.717) is 38.0 Å². The van der Waals surface area contributed by atoms with Crippen LogP contribution in [0.1, 0.15) is 24.4 Å². The van der Waals surface area contributed by atoms with E-state index >= 15 is 0 Å². The van der Waals surface area contributed by atoms with Crippen molar-refractivity contribution in [3.05, 3.63) is 35.4 Å². The van der Waals surface area contributed by atoms with Gasteiger partial charge in [0, 0.05) is 31.3 Å². The van der Waals surface area contributed by atoms with E-state index in [4.69, 9.17) is 11.6 Å². The van der Waals surface area contributed by atoms with Crippen molar-refractivity contribution in [2.45, 2.75) is 18.9 Å². The highest BCUT2D eigenvalue weighted by Gasteiger charge is 2.36. The third kappa shape index (κ3) is 4.17. The molecule has 1 aromatic rings. The van der Waals surface area contributed by atoms with E-state index in [0.717, 1.165) is 6.07 Å². The Morgan fingerprint density at radius 3 is 2.83 bits per heavy atom. The summed E-state index contributed by atoms with van der Waals surface area (Å²) in [6, 6.07) is 2.12. The zero-order valence-corrected chi connectivity index (χ0v) is 14.3. The van der Waals surface area contributed by atoms with Crippen molar-refractivity contribution in [1.29, 1.82) is 0 Å². The number of rotatable bonds is 7. The number of benzene rings is 1. The molecular formula is C15H21ClN2O4S. The Kier molecular flexibility index (Phi) is 5.91. The van der Waals surface area contributed by atoms with Gasteiger partial charge in [0.25, 0.3) is 0 Å². The second kappa shape index (κ2) is 7.53. The highest BCUT2D eigenvalue weighted by atomic mass is 35.5. The fourth-order valence-electron chi connectivity index (χ4n) is 2.74. The number of aromatic hydroxyl groups is 2. The summed E-state index contributed by atoms with van der Waals surface area (Å²) in [6.07, 6.45) is 2.98. The number of hydrogen-bond acceptors (Lipinski definition) is 5. The molecule has 0 amide bonds. The average Bonchev–Trinajstić information content (AvgIpc) is 2.97. The van der Waals surface area contributed by atoms with Gasteiger partial charge in [-0.1, -0.05) is 17.7 Å². The molecule has 128 valence electrons. The minimum Gasteiger partial charge on any atom is -0.507 e. The molecule has 1 aliphatic heterocycles. The Morgan fingerprint density at radius 1 is 1.39 bits per heavy atom. The Balaban J connectivity index is 2.20. The summed E-state index contributed by atoms with van der Waals surface area (Å²) < 4.78 is 26.5. The van der Waals surface area contributed by atoms with E-state index in [-0.39, 0.29) is 22.3 Å². The smallest absolute Gasteiger partial charge is 0.215 e. The topological polar surface area (TPSA) is 89.9 Å². The lowest BCUT2D eigenvalue weighted by Gasteiger charge is -2.25. The second-order valence-corrected chi connectivity index (χ2v) is 7.89. The average molecular weight is 361 g/mol. The van der Waals surface area contributed by atoms with Crippen molar-refractivity contribution in [2.24, 2.45) is 0 Å². The van der Waals surface area contributed by atoms with Gasteiger partial charge in [0.1, 0.15) is 11.5 Å². The van der Waals surface area contributed by atoms with Crippen LogP contribution >= 0.6 is 11.6 Å². The Morgan fingerprint density at radius 2 is 2.13 bits per heavy atom. The van der Waals surface area contributed by atoms with Gasteiger partial charge >= 0.3 is 0 Å². The summed E-state index contributed by atoms with van der Waals surface area (Å²) in [4.78, 5) is 0. The molecule has 1 aliphatic rings. The van der Waals surface area contributed by atoms with E-state index in [1.54, 1.807) is 6.08 Å². The first kappa shape index (κ1) is 18.1. The van der Waals surface area contributed by atoms with Crippen LogP contribution in [-0.4, -0.2) is 48.3 Å². The molecule has 1 fully saturated rings. The number of phenolic OH excluding ortho intramolecular Hbond substituents is 2. The summed E-state index contributed by atoms with van der Waals surface area (Å²) in [5, 5.41) is 22.6. The van der Waals surface area contributed by atoms with E-state index < -0.39 is 16.1 Å². The molecule has 1 heterocycles. The van der Waals surface area contributed by atoms with Crippen LogP contribution < -0.4 is 5.32 Å². The van der Waals surface area contributed by atoms with E-state index in [2.05, 4.69) is 11.9 Å². The second-order valence-electron chi connectivity index (χ2n) is 5.44. The lowest BCUT2D eigenvalue weighted by molar-refractivity contribution is 0.377. The van der Waals surface area contributed by atoms with E-state index in [1.165, 1.54) is 10.4 Å². The molecule has 8 heteroatoms. The minimum atomic E-state index is -3.46. The number of hydrogen-bond donors (Lipinski definition) is 3. The summed E-state index contributed by atoms with van der Waals surface area (Å²) in [5.41, 5.74) is 0.424. The first-order chi connectivity index (χ1) is 10.9. The van der Waals surface area contributed by atoms with Crippen molar-refractivity contribution >= 4 is 21.6 Å². The maximum absolute atomic E-state index is 12.5. The largest absolute Gasteiger partial charge is 0.507 e. The van der Waals surface area contributed by atoms with E-state index in [1.807, 2.05) is 0 Å². The van der Waals surface area contributed by atoms with Gasteiger partial charge in [-0.2, -0.15) is 4.31 Å². The van der Waals surface area contributed by atoms with Crippen molar-refractivity contribution in [3.63, 3.8) is 0 Å². The van der Waals surface area contributed by atoms with Gasteiger partial charge in [0.2, 0.25) is 10.0 Å². The standard InChI is InChI=1S/C15H21ClN2O4S/c1-2-5-17-6-8-23(21,22)18-7-3-4-13(18)11-9-12(16)15(20)10-14(11)19/h2,9-10,13,17,19-20H,1,3-8H2. The fourth-order valence-corrected chi connectivity index (χ4v) is 4.56. The fraction of sp³-hybridized carbons (Fsp3) is 0.467. The lowest BCUT2D eigenvalue weighted by Crippen LogP contribution is -2.36. The molecule has 0 aromatic heterocycles. The zero-order chi connectivity index (χ0) is 17.0. The van der Waals surface area contributed by atoms with Gasteiger partial charge in [-0.15, -0.1) is 6.58 Å². The normalized spacial score (nSPS) is 19.1. The third-order valence-electron chi connectivity index (χ3n) is 3.84. The predicted molar refractivity (Wildman–Crippen MR) is 90.3 cm³/mol. The van der Waals surface area contributed by atoms with Gasteiger partial charge in [-0.25, -0.2) is 8.42 Å². The SMILES string of the molecule is C=CCNCCS(=O)(=O)N1CCCC1c1cc(Cl)c(O)cc1O. The van der Waals surface area contributed by atoms with Crippen molar-refractivity contribution < 1.29 is 18.6 Å². The Bertz CT molecular complexity index is 678. The number of halogens is 1. The van der Waals surface area contributed by atoms with Crippen molar-refractivity contribution in [3.8, 4) is 11.5 Å². The molecular weight excluding hydrogens is 340 g/mol. The molecule has 0 spiro atoms. The Hall–Kier alpha value is -1.28.